The summed E-state index contributed by atoms with van der Waals surface area (Å²) in [7, 11) is 3.19. The highest BCUT2D eigenvalue weighted by molar-refractivity contribution is 6.02. The summed E-state index contributed by atoms with van der Waals surface area (Å²) in [4.78, 5) is 24.1. The fourth-order valence-corrected chi connectivity index (χ4v) is 2.06. The van der Waals surface area contributed by atoms with E-state index in [-0.39, 0.29) is 23.6 Å². The van der Waals surface area contributed by atoms with Gasteiger partial charge in [-0.05, 0) is 12.1 Å². The molecule has 1 atom stereocenters. The van der Waals surface area contributed by atoms with Crippen molar-refractivity contribution < 1.29 is 19.1 Å². The summed E-state index contributed by atoms with van der Waals surface area (Å²) in [6.07, 6.45) is -1.09. The van der Waals surface area contributed by atoms with Gasteiger partial charge in [-0.15, -0.1) is 0 Å². The van der Waals surface area contributed by atoms with E-state index in [1.54, 1.807) is 11.9 Å². The largest absolute Gasteiger partial charge is 0.378 e. The molecular formula is C13H16FN3O3. The summed E-state index contributed by atoms with van der Waals surface area (Å²) in [5, 5.41) is 14.5. The van der Waals surface area contributed by atoms with E-state index >= 15 is 0 Å². The number of halogens is 1. The van der Waals surface area contributed by atoms with Gasteiger partial charge < -0.3 is 20.6 Å². The Morgan fingerprint density at radius 2 is 2.25 bits per heavy atom. The van der Waals surface area contributed by atoms with Crippen molar-refractivity contribution in [3.63, 3.8) is 0 Å². The summed E-state index contributed by atoms with van der Waals surface area (Å²) in [5.74, 6) is -1.24. The van der Waals surface area contributed by atoms with Crippen molar-refractivity contribution in [3.05, 3.63) is 23.5 Å². The number of nitrogens with zero attached hydrogens (tertiary/aromatic N) is 1. The third-order valence-electron chi connectivity index (χ3n) is 3.28. The van der Waals surface area contributed by atoms with E-state index in [4.69, 9.17) is 0 Å². The Morgan fingerprint density at radius 3 is 2.90 bits per heavy atom. The van der Waals surface area contributed by atoms with Gasteiger partial charge in [-0.1, -0.05) is 0 Å². The number of carbonyl (C=O) groups excluding carboxylic acids is 2. The molecule has 108 valence electrons. The summed E-state index contributed by atoms with van der Waals surface area (Å²) in [6.45, 7) is 0.339. The van der Waals surface area contributed by atoms with E-state index in [0.717, 1.165) is 6.07 Å². The maximum absolute atomic E-state index is 14.0. The topological polar surface area (TPSA) is 81.7 Å². The number of amides is 2. The molecule has 0 spiro atoms. The fourth-order valence-electron chi connectivity index (χ4n) is 2.06. The van der Waals surface area contributed by atoms with Crippen LogP contribution in [0.1, 0.15) is 18.1 Å². The predicted octanol–water partition coefficient (Wildman–Crippen LogP) is 0.384. The number of hydrogen-bond acceptors (Lipinski definition) is 4. The molecule has 1 aliphatic rings. The fraction of sp³-hybridized carbons (Fsp3) is 0.385. The number of benzene rings is 1. The van der Waals surface area contributed by atoms with E-state index in [1.807, 2.05) is 0 Å². The van der Waals surface area contributed by atoms with Crippen LogP contribution in [0.3, 0.4) is 0 Å². The van der Waals surface area contributed by atoms with Gasteiger partial charge in [0, 0.05) is 38.3 Å². The van der Waals surface area contributed by atoms with E-state index in [0.29, 0.717) is 12.2 Å². The first-order valence-corrected chi connectivity index (χ1v) is 6.18. The van der Waals surface area contributed by atoms with E-state index in [1.165, 1.54) is 13.1 Å². The second-order valence-corrected chi connectivity index (χ2v) is 4.63. The number of aliphatic hydroxyl groups is 1. The Hall–Kier alpha value is -2.15. The van der Waals surface area contributed by atoms with Crippen LogP contribution in [0.4, 0.5) is 15.8 Å². The average Bonchev–Trinajstić information content (AvgIpc) is 2.70. The molecule has 0 saturated heterocycles. The average molecular weight is 281 g/mol. The number of nitrogens with one attached hydrogen (secondary N) is 2. The summed E-state index contributed by atoms with van der Waals surface area (Å²) in [6, 6.07) is 2.60. The maximum Gasteiger partial charge on any atom is 0.257 e. The lowest BCUT2D eigenvalue weighted by molar-refractivity contribution is -0.123. The smallest absolute Gasteiger partial charge is 0.257 e. The van der Waals surface area contributed by atoms with Gasteiger partial charge in [0.2, 0.25) is 5.91 Å². The zero-order chi connectivity index (χ0) is 14.9. The Kier molecular flexibility index (Phi) is 3.89. The number of aliphatic hydroxyl groups excluding tert-OH is 1. The number of carbonyl (C=O) groups is 2. The highest BCUT2D eigenvalue weighted by atomic mass is 19.1. The molecule has 0 aliphatic carbocycles. The van der Waals surface area contributed by atoms with Crippen LogP contribution in [-0.2, 0) is 9.59 Å². The summed E-state index contributed by atoms with van der Waals surface area (Å²) < 4.78 is 14.0. The lowest BCUT2D eigenvalue weighted by atomic mass is 10.1. The van der Waals surface area contributed by atoms with Gasteiger partial charge in [0.1, 0.15) is 5.82 Å². The lowest BCUT2D eigenvalue weighted by Crippen LogP contribution is -2.26. The molecule has 0 saturated carbocycles. The number of fused-ring (bicyclic) bond motifs is 1. The van der Waals surface area contributed by atoms with Crippen molar-refractivity contribution in [1.29, 1.82) is 0 Å². The first-order chi connectivity index (χ1) is 9.43. The molecule has 2 amide bonds. The third kappa shape index (κ3) is 2.57. The molecule has 1 heterocycles. The quantitative estimate of drug-likeness (QED) is 0.745. The van der Waals surface area contributed by atoms with Crippen molar-refractivity contribution >= 4 is 23.2 Å². The van der Waals surface area contributed by atoms with Crippen LogP contribution in [0.15, 0.2) is 12.1 Å². The summed E-state index contributed by atoms with van der Waals surface area (Å²) >= 11 is 0. The Morgan fingerprint density at radius 1 is 1.55 bits per heavy atom. The van der Waals surface area contributed by atoms with Crippen LogP contribution in [0.25, 0.3) is 0 Å². The second kappa shape index (κ2) is 5.46. The van der Waals surface area contributed by atoms with Crippen LogP contribution >= 0.6 is 0 Å². The highest BCUT2D eigenvalue weighted by Gasteiger charge is 2.30. The number of anilines is 2. The SMILES string of the molecule is CNC(=O)CCN(C)c1cc2c(cc1F)C(O)C(=O)N2. The Balaban J connectivity index is 2.19. The molecule has 0 fully saturated rings. The van der Waals surface area contributed by atoms with Gasteiger partial charge in [-0.25, -0.2) is 4.39 Å². The molecule has 0 bridgehead atoms. The van der Waals surface area contributed by atoms with Gasteiger partial charge in [0.25, 0.3) is 5.91 Å². The Labute approximate surface area is 115 Å². The van der Waals surface area contributed by atoms with Crippen molar-refractivity contribution in [2.45, 2.75) is 12.5 Å². The van der Waals surface area contributed by atoms with Gasteiger partial charge in [-0.3, -0.25) is 9.59 Å². The van der Waals surface area contributed by atoms with Gasteiger partial charge >= 0.3 is 0 Å². The monoisotopic (exact) mass is 281 g/mol. The molecule has 0 radical (unpaired) electrons. The second-order valence-electron chi connectivity index (χ2n) is 4.63. The zero-order valence-electron chi connectivity index (χ0n) is 11.2. The standard InChI is InChI=1S/C13H16FN3O3/c1-15-11(18)3-4-17(2)10-6-9-7(5-8(10)14)12(19)13(20)16-9/h5-6,12,19H,3-4H2,1-2H3,(H,15,18)(H,16,20). The van der Waals surface area contributed by atoms with Crippen LogP contribution in [0.2, 0.25) is 0 Å². The van der Waals surface area contributed by atoms with Crippen molar-refractivity contribution in [1.82, 2.24) is 5.32 Å². The van der Waals surface area contributed by atoms with Crippen LogP contribution in [-0.4, -0.2) is 37.6 Å². The maximum atomic E-state index is 14.0. The third-order valence-corrected chi connectivity index (χ3v) is 3.28. The summed E-state index contributed by atoms with van der Waals surface area (Å²) in [5.41, 5.74) is 0.892. The van der Waals surface area contributed by atoms with Crippen molar-refractivity contribution in [2.24, 2.45) is 0 Å². The molecule has 3 N–H and O–H groups in total. The van der Waals surface area contributed by atoms with Crippen molar-refractivity contribution in [2.75, 3.05) is 30.9 Å². The van der Waals surface area contributed by atoms with Crippen molar-refractivity contribution in [3.8, 4) is 0 Å². The van der Waals surface area contributed by atoms with E-state index in [2.05, 4.69) is 10.6 Å². The van der Waals surface area contributed by atoms with Gasteiger partial charge in [0.05, 0.1) is 5.69 Å². The zero-order valence-corrected chi connectivity index (χ0v) is 11.2. The Bertz CT molecular complexity index is 562. The molecule has 20 heavy (non-hydrogen) atoms. The molecule has 2 rings (SSSR count). The minimum atomic E-state index is -1.33. The lowest BCUT2D eigenvalue weighted by Gasteiger charge is -2.20. The molecule has 1 aromatic rings. The molecule has 1 aromatic carbocycles. The molecule has 1 aliphatic heterocycles. The molecule has 1 unspecified atom stereocenters. The first-order valence-electron chi connectivity index (χ1n) is 6.18. The van der Waals surface area contributed by atoms with Crippen LogP contribution < -0.4 is 15.5 Å². The molecule has 6 nitrogen and oxygen atoms in total. The normalized spacial score (nSPS) is 16.6. The molecular weight excluding hydrogens is 265 g/mol. The number of hydrogen-bond donors (Lipinski definition) is 3. The van der Waals surface area contributed by atoms with Crippen LogP contribution in [0.5, 0.6) is 0 Å². The minimum absolute atomic E-state index is 0.137. The van der Waals surface area contributed by atoms with Gasteiger partial charge in [0.15, 0.2) is 6.10 Å². The number of rotatable bonds is 4. The molecule has 0 aromatic heterocycles. The first kappa shape index (κ1) is 14.3. The van der Waals surface area contributed by atoms with E-state index in [9.17, 15) is 19.1 Å². The van der Waals surface area contributed by atoms with Gasteiger partial charge in [-0.2, -0.15) is 0 Å². The minimum Gasteiger partial charge on any atom is -0.378 e. The predicted molar refractivity (Wildman–Crippen MR) is 71.9 cm³/mol. The van der Waals surface area contributed by atoms with E-state index < -0.39 is 17.8 Å². The molecule has 7 heteroatoms. The highest BCUT2D eigenvalue weighted by Crippen LogP contribution is 2.35. The van der Waals surface area contributed by atoms with Crippen LogP contribution in [0, 0.1) is 5.82 Å².